The molecule has 2 heterocycles. The molecule has 0 aliphatic heterocycles. The molecule has 0 aromatic carbocycles. The number of carbonyl (C=O) groups excluding carboxylic acids is 1. The summed E-state index contributed by atoms with van der Waals surface area (Å²) in [5, 5.41) is 3.86. The second-order valence-electron chi connectivity index (χ2n) is 4.10. The first-order chi connectivity index (χ1) is 9.04. The smallest absolute Gasteiger partial charge is 0.246 e. The average molecular weight is 341 g/mol. The Morgan fingerprint density at radius 1 is 1.58 bits per heavy atom. The van der Waals surface area contributed by atoms with Crippen molar-refractivity contribution in [3.8, 4) is 0 Å². The molecule has 0 saturated heterocycles. The Bertz CT molecular complexity index is 603. The van der Waals surface area contributed by atoms with E-state index >= 15 is 0 Å². The zero-order chi connectivity index (χ0) is 13.8. The molecule has 0 fully saturated rings. The predicted molar refractivity (Wildman–Crippen MR) is 78.8 cm³/mol. The highest BCUT2D eigenvalue weighted by Gasteiger charge is 2.08. The van der Waals surface area contributed by atoms with Crippen molar-refractivity contribution in [2.45, 2.75) is 13.5 Å². The third-order valence-corrected chi connectivity index (χ3v) is 4.03. The van der Waals surface area contributed by atoms with Crippen molar-refractivity contribution in [1.82, 2.24) is 10.1 Å². The summed E-state index contributed by atoms with van der Waals surface area (Å²) in [7, 11) is 1.74. The zero-order valence-corrected chi connectivity index (χ0v) is 13.0. The Kier molecular flexibility index (Phi) is 4.55. The molecule has 0 atom stereocenters. The summed E-state index contributed by atoms with van der Waals surface area (Å²) in [6.45, 7) is 2.27. The average Bonchev–Trinajstić information content (AvgIpc) is 2.95. The summed E-state index contributed by atoms with van der Waals surface area (Å²) in [5.41, 5.74) is 0.751. The van der Waals surface area contributed by atoms with Gasteiger partial charge in [-0.15, -0.1) is 11.3 Å². The van der Waals surface area contributed by atoms with E-state index in [1.807, 2.05) is 31.2 Å². The topological polar surface area (TPSA) is 46.3 Å². The van der Waals surface area contributed by atoms with Gasteiger partial charge in [-0.05, 0) is 41.1 Å². The predicted octanol–water partition coefficient (Wildman–Crippen LogP) is 3.48. The third-order valence-electron chi connectivity index (χ3n) is 2.44. The number of halogens is 1. The Balaban J connectivity index is 1.94. The van der Waals surface area contributed by atoms with Crippen LogP contribution in [0.4, 0.5) is 0 Å². The maximum Gasteiger partial charge on any atom is 0.246 e. The van der Waals surface area contributed by atoms with Crippen LogP contribution in [-0.2, 0) is 11.3 Å². The van der Waals surface area contributed by atoms with E-state index in [1.54, 1.807) is 29.4 Å². The number of nitrogens with zero attached hydrogens (tertiary/aromatic N) is 2. The molecule has 0 bridgehead atoms. The number of rotatable bonds is 4. The number of amides is 1. The van der Waals surface area contributed by atoms with E-state index in [9.17, 15) is 4.79 Å². The van der Waals surface area contributed by atoms with Crippen molar-refractivity contribution >= 4 is 39.2 Å². The lowest BCUT2D eigenvalue weighted by Gasteiger charge is -2.12. The molecular weight excluding hydrogens is 328 g/mol. The minimum atomic E-state index is -0.0647. The van der Waals surface area contributed by atoms with Crippen LogP contribution < -0.4 is 0 Å². The Morgan fingerprint density at radius 3 is 2.95 bits per heavy atom. The fourth-order valence-electron chi connectivity index (χ4n) is 1.51. The summed E-state index contributed by atoms with van der Waals surface area (Å²) >= 11 is 4.97. The summed E-state index contributed by atoms with van der Waals surface area (Å²) in [4.78, 5) is 14.5. The van der Waals surface area contributed by atoms with Crippen molar-refractivity contribution in [2.75, 3.05) is 7.05 Å². The molecule has 0 spiro atoms. The highest BCUT2D eigenvalue weighted by Crippen LogP contribution is 2.23. The second kappa shape index (κ2) is 6.16. The van der Waals surface area contributed by atoms with Gasteiger partial charge in [-0.1, -0.05) is 5.16 Å². The van der Waals surface area contributed by atoms with E-state index in [2.05, 4.69) is 21.1 Å². The number of thiophene rings is 1. The molecule has 0 saturated carbocycles. The van der Waals surface area contributed by atoms with Crippen molar-refractivity contribution in [3.63, 3.8) is 0 Å². The van der Waals surface area contributed by atoms with Gasteiger partial charge in [-0.2, -0.15) is 0 Å². The summed E-state index contributed by atoms with van der Waals surface area (Å²) in [6.07, 6.45) is 3.37. The minimum absolute atomic E-state index is 0.0647. The van der Waals surface area contributed by atoms with Gasteiger partial charge in [0.1, 0.15) is 11.5 Å². The Labute approximate surface area is 123 Å². The van der Waals surface area contributed by atoms with Crippen molar-refractivity contribution in [3.05, 3.63) is 44.4 Å². The lowest BCUT2D eigenvalue weighted by atomic mass is 10.3. The summed E-state index contributed by atoms with van der Waals surface area (Å²) < 4.78 is 6.01. The van der Waals surface area contributed by atoms with Crippen LogP contribution in [0, 0.1) is 6.92 Å². The molecule has 0 radical (unpaired) electrons. The molecule has 100 valence electrons. The van der Waals surface area contributed by atoms with E-state index in [1.165, 1.54) is 0 Å². The van der Waals surface area contributed by atoms with Crippen molar-refractivity contribution in [1.29, 1.82) is 0 Å². The van der Waals surface area contributed by atoms with E-state index in [0.717, 1.165) is 20.1 Å². The van der Waals surface area contributed by atoms with Gasteiger partial charge in [-0.25, -0.2) is 0 Å². The molecule has 6 heteroatoms. The standard InChI is InChI=1S/C13H13BrN2O2S/c1-9-7-10(15-18-9)8-16(2)13(17)6-4-11-3-5-12(14)19-11/h3-7H,8H2,1-2H3. The lowest BCUT2D eigenvalue weighted by molar-refractivity contribution is -0.125. The maximum atomic E-state index is 11.9. The molecule has 2 rings (SSSR count). The number of hydrogen-bond acceptors (Lipinski definition) is 4. The number of hydrogen-bond donors (Lipinski definition) is 0. The normalized spacial score (nSPS) is 11.1. The van der Waals surface area contributed by atoms with Gasteiger partial charge < -0.3 is 9.42 Å². The molecule has 0 N–H and O–H groups in total. The van der Waals surface area contributed by atoms with Gasteiger partial charge in [0.05, 0.1) is 10.3 Å². The third kappa shape index (κ3) is 4.04. The van der Waals surface area contributed by atoms with Gasteiger partial charge in [-0.3, -0.25) is 4.79 Å². The van der Waals surface area contributed by atoms with Crippen LogP contribution >= 0.6 is 27.3 Å². The zero-order valence-electron chi connectivity index (χ0n) is 10.6. The quantitative estimate of drug-likeness (QED) is 0.800. The molecule has 0 aliphatic carbocycles. The summed E-state index contributed by atoms with van der Waals surface area (Å²) in [5.74, 6) is 0.681. The first-order valence-corrected chi connectivity index (χ1v) is 7.26. The van der Waals surface area contributed by atoms with E-state index < -0.39 is 0 Å². The molecule has 19 heavy (non-hydrogen) atoms. The van der Waals surface area contributed by atoms with Crippen LogP contribution in [0.25, 0.3) is 6.08 Å². The minimum Gasteiger partial charge on any atom is -0.361 e. The van der Waals surface area contributed by atoms with Gasteiger partial charge in [0.25, 0.3) is 0 Å². The van der Waals surface area contributed by atoms with Crippen LogP contribution in [0.3, 0.4) is 0 Å². The van der Waals surface area contributed by atoms with Crippen LogP contribution in [0.2, 0.25) is 0 Å². The van der Waals surface area contributed by atoms with Gasteiger partial charge in [0, 0.05) is 24.1 Å². The van der Waals surface area contributed by atoms with Crippen LogP contribution in [-0.4, -0.2) is 23.0 Å². The van der Waals surface area contributed by atoms with Crippen LogP contribution in [0.1, 0.15) is 16.3 Å². The van der Waals surface area contributed by atoms with E-state index in [0.29, 0.717) is 6.54 Å². The number of carbonyl (C=O) groups is 1. The SMILES string of the molecule is Cc1cc(CN(C)C(=O)C=Cc2ccc(Br)s2)no1. The molecule has 4 nitrogen and oxygen atoms in total. The van der Waals surface area contributed by atoms with E-state index in [-0.39, 0.29) is 5.91 Å². The second-order valence-corrected chi connectivity index (χ2v) is 6.59. The Hall–Kier alpha value is -1.40. The lowest BCUT2D eigenvalue weighted by Crippen LogP contribution is -2.24. The fraction of sp³-hybridized carbons (Fsp3) is 0.231. The Morgan fingerprint density at radius 2 is 2.37 bits per heavy atom. The first kappa shape index (κ1) is 14.0. The monoisotopic (exact) mass is 340 g/mol. The van der Waals surface area contributed by atoms with Gasteiger partial charge in [0.2, 0.25) is 5.91 Å². The largest absolute Gasteiger partial charge is 0.361 e. The molecule has 2 aromatic rings. The van der Waals surface area contributed by atoms with E-state index in [4.69, 9.17) is 4.52 Å². The van der Waals surface area contributed by atoms with Gasteiger partial charge >= 0.3 is 0 Å². The number of aromatic nitrogens is 1. The van der Waals surface area contributed by atoms with Crippen LogP contribution in [0.15, 0.2) is 32.6 Å². The fourth-order valence-corrected chi connectivity index (χ4v) is 2.84. The van der Waals surface area contributed by atoms with Gasteiger partial charge in [0.15, 0.2) is 0 Å². The first-order valence-electron chi connectivity index (χ1n) is 5.65. The van der Waals surface area contributed by atoms with Crippen molar-refractivity contribution in [2.24, 2.45) is 0 Å². The maximum absolute atomic E-state index is 11.9. The molecule has 1 amide bonds. The molecule has 0 unspecified atom stereocenters. The molecular formula is C13H13BrN2O2S. The van der Waals surface area contributed by atoms with Crippen LogP contribution in [0.5, 0.6) is 0 Å². The number of likely N-dealkylation sites (N-methyl/N-ethyl adjacent to an activating group) is 1. The van der Waals surface area contributed by atoms with Crippen molar-refractivity contribution < 1.29 is 9.32 Å². The highest BCUT2D eigenvalue weighted by atomic mass is 79.9. The molecule has 0 aliphatic rings. The summed E-state index contributed by atoms with van der Waals surface area (Å²) in [6, 6.07) is 5.74. The highest BCUT2D eigenvalue weighted by molar-refractivity contribution is 9.11. The molecule has 2 aromatic heterocycles. The number of aryl methyl sites for hydroxylation is 1.